The molecule has 5 rings (SSSR count). The number of rotatable bonds is 4. The lowest BCUT2D eigenvalue weighted by molar-refractivity contribution is 0.0462. The van der Waals surface area contributed by atoms with E-state index in [0.29, 0.717) is 23.9 Å². The number of hydrogen-bond acceptors (Lipinski definition) is 6. The maximum atomic E-state index is 13.5. The molecule has 158 valence electrons. The number of nitrogens with zero attached hydrogens (tertiary/aromatic N) is 5. The summed E-state index contributed by atoms with van der Waals surface area (Å²) in [6.07, 6.45) is 7.31. The molecule has 0 radical (unpaired) electrons. The van der Waals surface area contributed by atoms with Crippen LogP contribution in [-0.2, 0) is 0 Å². The van der Waals surface area contributed by atoms with Crippen molar-refractivity contribution in [2.24, 2.45) is 5.92 Å². The fourth-order valence-corrected chi connectivity index (χ4v) is 4.50. The van der Waals surface area contributed by atoms with Crippen molar-refractivity contribution in [1.29, 1.82) is 0 Å². The van der Waals surface area contributed by atoms with Crippen molar-refractivity contribution in [1.82, 2.24) is 24.8 Å². The van der Waals surface area contributed by atoms with Gasteiger partial charge in [-0.1, -0.05) is 6.07 Å². The van der Waals surface area contributed by atoms with Crippen molar-refractivity contribution in [3.63, 3.8) is 0 Å². The van der Waals surface area contributed by atoms with Gasteiger partial charge in [-0.05, 0) is 49.8 Å². The van der Waals surface area contributed by atoms with E-state index in [1.54, 1.807) is 12.4 Å². The number of fused-ring (bicyclic) bond motifs is 2. The molecule has 1 aliphatic heterocycles. The van der Waals surface area contributed by atoms with Crippen LogP contribution in [0.5, 0.6) is 5.88 Å². The summed E-state index contributed by atoms with van der Waals surface area (Å²) in [4.78, 5) is 32.2. The third-order valence-electron chi connectivity index (χ3n) is 5.93. The molecule has 3 atom stereocenters. The summed E-state index contributed by atoms with van der Waals surface area (Å²) in [7, 11) is 0. The number of ether oxygens (including phenoxy) is 1. The van der Waals surface area contributed by atoms with Gasteiger partial charge in [0.1, 0.15) is 11.8 Å². The van der Waals surface area contributed by atoms with Crippen molar-refractivity contribution in [3.05, 3.63) is 65.6 Å². The summed E-state index contributed by atoms with van der Waals surface area (Å²) < 4.78 is 19.4. The first-order valence-corrected chi connectivity index (χ1v) is 10.3. The van der Waals surface area contributed by atoms with Gasteiger partial charge in [0, 0.05) is 25.0 Å². The van der Waals surface area contributed by atoms with Gasteiger partial charge in [0.25, 0.3) is 5.91 Å². The van der Waals surface area contributed by atoms with E-state index >= 15 is 0 Å². The number of pyridine rings is 2. The molecule has 2 aliphatic rings. The number of carbonyl (C=O) groups is 1. The molecule has 3 aromatic heterocycles. The van der Waals surface area contributed by atoms with Crippen molar-refractivity contribution >= 4 is 5.91 Å². The van der Waals surface area contributed by atoms with Crippen LogP contribution < -0.4 is 4.74 Å². The normalized spacial score (nSPS) is 22.0. The molecule has 3 aromatic rings. The van der Waals surface area contributed by atoms with Gasteiger partial charge in [-0.2, -0.15) is 0 Å². The Morgan fingerprint density at radius 2 is 1.81 bits per heavy atom. The Labute approximate surface area is 179 Å². The van der Waals surface area contributed by atoms with E-state index in [2.05, 4.69) is 19.9 Å². The molecule has 1 saturated heterocycles. The molecular weight excluding hydrogens is 397 g/mol. The van der Waals surface area contributed by atoms with Crippen molar-refractivity contribution in [2.45, 2.75) is 38.8 Å². The first-order valence-electron chi connectivity index (χ1n) is 10.3. The second kappa shape index (κ2) is 7.68. The van der Waals surface area contributed by atoms with Crippen LogP contribution in [0.15, 0.2) is 43.0 Å². The van der Waals surface area contributed by atoms with E-state index in [0.717, 1.165) is 36.4 Å². The summed E-state index contributed by atoms with van der Waals surface area (Å²) in [5.74, 6) is 0.533. The van der Waals surface area contributed by atoms with Gasteiger partial charge in [0.05, 0.1) is 24.0 Å². The number of carbonyl (C=O) groups excluding carboxylic acids is 1. The molecule has 8 heteroatoms. The monoisotopic (exact) mass is 419 g/mol. The molecule has 2 fully saturated rings. The van der Waals surface area contributed by atoms with Crippen molar-refractivity contribution in [2.75, 3.05) is 6.54 Å². The predicted octanol–water partition coefficient (Wildman–Crippen LogP) is 3.37. The Balaban J connectivity index is 1.41. The SMILES string of the molecule is Cc1ccc(OC2CC3CC2N(C(=O)c2ncc(C)cc2-c2ncc(F)cn2)C3)nc1. The summed E-state index contributed by atoms with van der Waals surface area (Å²) in [5.41, 5.74) is 2.72. The summed E-state index contributed by atoms with van der Waals surface area (Å²) in [6.45, 7) is 4.53. The highest BCUT2D eigenvalue weighted by molar-refractivity contribution is 5.98. The average Bonchev–Trinajstić information content (AvgIpc) is 3.36. The van der Waals surface area contributed by atoms with Crippen LogP contribution >= 0.6 is 0 Å². The minimum atomic E-state index is -0.529. The maximum absolute atomic E-state index is 13.5. The fraction of sp³-hybridized carbons (Fsp3) is 0.348. The number of aryl methyl sites for hydroxylation is 2. The van der Waals surface area contributed by atoms with Gasteiger partial charge in [-0.25, -0.2) is 19.3 Å². The minimum absolute atomic E-state index is 0.0364. The maximum Gasteiger partial charge on any atom is 0.273 e. The van der Waals surface area contributed by atoms with E-state index in [-0.39, 0.29) is 29.6 Å². The van der Waals surface area contributed by atoms with E-state index in [4.69, 9.17) is 4.74 Å². The van der Waals surface area contributed by atoms with Gasteiger partial charge >= 0.3 is 0 Å². The zero-order valence-corrected chi connectivity index (χ0v) is 17.3. The minimum Gasteiger partial charge on any atom is -0.472 e. The molecule has 0 spiro atoms. The summed E-state index contributed by atoms with van der Waals surface area (Å²) in [5, 5.41) is 0. The standard InChI is InChI=1S/C23H22FN5O2/c1-13-3-4-20(25-8-13)31-19-7-15-6-18(19)29(12-15)23(30)21-17(5-14(2)9-26-21)22-27-10-16(24)11-28-22/h3-5,8-11,15,18-19H,6-7,12H2,1-2H3. The first kappa shape index (κ1) is 19.5. The Morgan fingerprint density at radius 3 is 2.52 bits per heavy atom. The third kappa shape index (κ3) is 3.73. The average molecular weight is 419 g/mol. The number of amides is 1. The second-order valence-electron chi connectivity index (χ2n) is 8.33. The highest BCUT2D eigenvalue weighted by Crippen LogP contribution is 2.40. The molecule has 4 heterocycles. The molecule has 7 nitrogen and oxygen atoms in total. The van der Waals surface area contributed by atoms with Crippen LogP contribution in [-0.4, -0.2) is 49.4 Å². The van der Waals surface area contributed by atoms with E-state index < -0.39 is 5.82 Å². The molecule has 0 aromatic carbocycles. The molecule has 31 heavy (non-hydrogen) atoms. The van der Waals surface area contributed by atoms with Gasteiger partial charge in [-0.3, -0.25) is 9.78 Å². The zero-order valence-electron chi connectivity index (χ0n) is 17.3. The lowest BCUT2D eigenvalue weighted by Gasteiger charge is -2.33. The highest BCUT2D eigenvalue weighted by Gasteiger charge is 2.49. The van der Waals surface area contributed by atoms with Crippen molar-refractivity contribution in [3.8, 4) is 17.3 Å². The number of piperidine rings is 1. The van der Waals surface area contributed by atoms with Crippen LogP contribution in [0.25, 0.3) is 11.4 Å². The number of aromatic nitrogens is 4. The quantitative estimate of drug-likeness (QED) is 0.645. The van der Waals surface area contributed by atoms with Gasteiger partial charge in [-0.15, -0.1) is 0 Å². The summed E-state index contributed by atoms with van der Waals surface area (Å²) >= 11 is 0. The molecule has 0 N–H and O–H groups in total. The molecular formula is C23H22FN5O2. The molecule has 2 bridgehead atoms. The largest absolute Gasteiger partial charge is 0.472 e. The number of halogens is 1. The van der Waals surface area contributed by atoms with Gasteiger partial charge in [0.15, 0.2) is 11.6 Å². The Morgan fingerprint density at radius 1 is 1.03 bits per heavy atom. The number of hydrogen-bond donors (Lipinski definition) is 0. The second-order valence-corrected chi connectivity index (χ2v) is 8.33. The zero-order chi connectivity index (χ0) is 21.5. The topological polar surface area (TPSA) is 81.1 Å². The van der Waals surface area contributed by atoms with Gasteiger partial charge < -0.3 is 9.64 Å². The lowest BCUT2D eigenvalue weighted by Crippen LogP contribution is -2.47. The molecule has 1 aliphatic carbocycles. The Kier molecular flexibility index (Phi) is 4.84. The van der Waals surface area contributed by atoms with Crippen LogP contribution in [0.3, 0.4) is 0 Å². The van der Waals surface area contributed by atoms with E-state index in [9.17, 15) is 9.18 Å². The number of likely N-dealkylation sites (tertiary alicyclic amines) is 1. The molecule has 1 saturated carbocycles. The van der Waals surface area contributed by atoms with E-state index in [1.165, 1.54) is 0 Å². The lowest BCUT2D eigenvalue weighted by atomic mass is 10.1. The smallest absolute Gasteiger partial charge is 0.273 e. The highest BCUT2D eigenvalue weighted by atomic mass is 19.1. The Bertz CT molecular complexity index is 1120. The fourth-order valence-electron chi connectivity index (χ4n) is 4.50. The van der Waals surface area contributed by atoms with E-state index in [1.807, 2.05) is 36.9 Å². The van der Waals surface area contributed by atoms with Crippen LogP contribution in [0.4, 0.5) is 4.39 Å². The van der Waals surface area contributed by atoms with Crippen LogP contribution in [0.1, 0.15) is 34.5 Å². The van der Waals surface area contributed by atoms with Crippen molar-refractivity contribution < 1.29 is 13.9 Å². The summed E-state index contributed by atoms with van der Waals surface area (Å²) in [6, 6.07) is 5.60. The Hall–Kier alpha value is -3.42. The van der Waals surface area contributed by atoms with Gasteiger partial charge in [0.2, 0.25) is 5.88 Å². The predicted molar refractivity (Wildman–Crippen MR) is 111 cm³/mol. The van der Waals surface area contributed by atoms with Crippen LogP contribution in [0.2, 0.25) is 0 Å². The third-order valence-corrected chi connectivity index (χ3v) is 5.93. The van der Waals surface area contributed by atoms with Crippen LogP contribution in [0, 0.1) is 25.6 Å². The first-order chi connectivity index (χ1) is 15.0. The molecule has 3 unspecified atom stereocenters. The molecule has 1 amide bonds.